The van der Waals surface area contributed by atoms with Crippen LogP contribution in [-0.2, 0) is 4.79 Å². The molecular weight excluding hydrogens is 397 g/mol. The second-order valence-electron chi connectivity index (χ2n) is 6.11. The number of halogens is 1. The molecule has 0 aliphatic carbocycles. The predicted octanol–water partition coefficient (Wildman–Crippen LogP) is 3.60. The molecule has 0 unspecified atom stereocenters. The van der Waals surface area contributed by atoms with Crippen LogP contribution < -0.4 is 20.1 Å². The molecule has 0 spiro atoms. The topological polar surface area (TPSA) is 89.5 Å². The van der Waals surface area contributed by atoms with E-state index in [9.17, 15) is 14.0 Å². The summed E-state index contributed by atoms with van der Waals surface area (Å²) in [5.41, 5.74) is 1.07. The van der Waals surface area contributed by atoms with Gasteiger partial charge in [-0.25, -0.2) is 9.37 Å². The standard InChI is InChI=1S/C20H20FN3O4S/c1-27-15-8-5-12(10-16(15)28-2)19(26)22-9-3-4-18(25)24-20-23-14-7-6-13(21)11-17(14)29-20/h5-8,10-11H,3-4,9H2,1-2H3,(H,22,26)(H,23,24,25). The number of hydrogen-bond acceptors (Lipinski definition) is 6. The molecule has 3 aromatic rings. The summed E-state index contributed by atoms with van der Waals surface area (Å²) in [6.07, 6.45) is 0.681. The molecule has 0 fully saturated rings. The third-order valence-electron chi connectivity index (χ3n) is 4.11. The molecule has 1 heterocycles. The van der Waals surface area contributed by atoms with Crippen LogP contribution in [0.15, 0.2) is 36.4 Å². The molecule has 2 amide bonds. The van der Waals surface area contributed by atoms with E-state index in [1.807, 2.05) is 0 Å². The Morgan fingerprint density at radius 2 is 1.90 bits per heavy atom. The Kier molecular flexibility index (Phi) is 6.61. The lowest BCUT2D eigenvalue weighted by molar-refractivity contribution is -0.116. The SMILES string of the molecule is COc1ccc(C(=O)NCCCC(=O)Nc2nc3ccc(F)cc3s2)cc1OC. The van der Waals surface area contributed by atoms with Gasteiger partial charge in [0, 0.05) is 18.5 Å². The number of fused-ring (bicyclic) bond motifs is 1. The van der Waals surface area contributed by atoms with Crippen molar-refractivity contribution in [1.29, 1.82) is 0 Å². The molecule has 0 bridgehead atoms. The fourth-order valence-corrected chi connectivity index (χ4v) is 3.57. The minimum absolute atomic E-state index is 0.218. The number of anilines is 1. The van der Waals surface area contributed by atoms with Crippen LogP contribution >= 0.6 is 11.3 Å². The van der Waals surface area contributed by atoms with Gasteiger partial charge < -0.3 is 20.1 Å². The van der Waals surface area contributed by atoms with E-state index in [4.69, 9.17) is 9.47 Å². The van der Waals surface area contributed by atoms with E-state index < -0.39 is 0 Å². The number of hydrogen-bond donors (Lipinski definition) is 2. The molecule has 152 valence electrons. The maximum Gasteiger partial charge on any atom is 0.251 e. The molecule has 0 aliphatic rings. The molecule has 0 radical (unpaired) electrons. The van der Waals surface area contributed by atoms with Gasteiger partial charge in [0.15, 0.2) is 16.6 Å². The zero-order valence-corrected chi connectivity index (χ0v) is 16.8. The van der Waals surface area contributed by atoms with Gasteiger partial charge in [0.1, 0.15) is 5.82 Å². The quantitative estimate of drug-likeness (QED) is 0.547. The molecular formula is C20H20FN3O4S. The maximum atomic E-state index is 13.2. The summed E-state index contributed by atoms with van der Waals surface area (Å²) in [7, 11) is 3.02. The van der Waals surface area contributed by atoms with Crippen molar-refractivity contribution in [3.8, 4) is 11.5 Å². The number of methoxy groups -OCH3 is 2. The third-order valence-corrected chi connectivity index (χ3v) is 5.04. The first kappa shape index (κ1) is 20.5. The highest BCUT2D eigenvalue weighted by Crippen LogP contribution is 2.28. The summed E-state index contributed by atoms with van der Waals surface area (Å²) >= 11 is 1.21. The second-order valence-corrected chi connectivity index (χ2v) is 7.14. The Hall–Kier alpha value is -3.20. The van der Waals surface area contributed by atoms with Gasteiger partial charge >= 0.3 is 0 Å². The molecule has 29 heavy (non-hydrogen) atoms. The van der Waals surface area contributed by atoms with Gasteiger partial charge in [0.25, 0.3) is 5.91 Å². The van der Waals surface area contributed by atoms with Crippen LogP contribution in [0.2, 0.25) is 0 Å². The number of nitrogens with one attached hydrogen (secondary N) is 2. The number of benzene rings is 2. The van der Waals surface area contributed by atoms with Crippen molar-refractivity contribution in [3.63, 3.8) is 0 Å². The predicted molar refractivity (Wildman–Crippen MR) is 109 cm³/mol. The summed E-state index contributed by atoms with van der Waals surface area (Å²) in [4.78, 5) is 28.5. The molecule has 2 N–H and O–H groups in total. The Morgan fingerprint density at radius 3 is 2.66 bits per heavy atom. The molecule has 9 heteroatoms. The number of rotatable bonds is 8. The van der Waals surface area contributed by atoms with Crippen LogP contribution in [0, 0.1) is 5.82 Å². The number of aromatic nitrogens is 1. The van der Waals surface area contributed by atoms with E-state index in [2.05, 4.69) is 15.6 Å². The van der Waals surface area contributed by atoms with E-state index in [1.54, 1.807) is 24.3 Å². The summed E-state index contributed by atoms with van der Waals surface area (Å²) in [5, 5.41) is 5.89. The van der Waals surface area contributed by atoms with Crippen LogP contribution in [0.4, 0.5) is 9.52 Å². The average Bonchev–Trinajstić information content (AvgIpc) is 3.11. The number of carbonyl (C=O) groups is 2. The number of amides is 2. The Labute approximate surface area is 170 Å². The highest BCUT2D eigenvalue weighted by Gasteiger charge is 2.11. The smallest absolute Gasteiger partial charge is 0.251 e. The lowest BCUT2D eigenvalue weighted by Gasteiger charge is -2.10. The zero-order valence-electron chi connectivity index (χ0n) is 16.0. The van der Waals surface area contributed by atoms with Crippen molar-refractivity contribution in [1.82, 2.24) is 10.3 Å². The second kappa shape index (κ2) is 9.33. The first-order chi connectivity index (χ1) is 14.0. The van der Waals surface area contributed by atoms with Crippen molar-refractivity contribution in [2.45, 2.75) is 12.8 Å². The van der Waals surface area contributed by atoms with Crippen LogP contribution in [0.3, 0.4) is 0 Å². The van der Waals surface area contributed by atoms with Gasteiger partial charge in [0.2, 0.25) is 5.91 Å². The summed E-state index contributed by atoms with van der Waals surface area (Å²) in [5.74, 6) is 0.183. The Balaban J connectivity index is 1.45. The van der Waals surface area contributed by atoms with Crippen LogP contribution in [0.5, 0.6) is 11.5 Å². The minimum atomic E-state index is -0.343. The van der Waals surface area contributed by atoms with E-state index >= 15 is 0 Å². The van der Waals surface area contributed by atoms with Crippen molar-refractivity contribution in [2.24, 2.45) is 0 Å². The minimum Gasteiger partial charge on any atom is -0.493 e. The summed E-state index contributed by atoms with van der Waals surface area (Å²) in [6.45, 7) is 0.339. The van der Waals surface area contributed by atoms with E-state index in [-0.39, 0.29) is 24.1 Å². The first-order valence-electron chi connectivity index (χ1n) is 8.86. The van der Waals surface area contributed by atoms with Crippen molar-refractivity contribution < 1.29 is 23.5 Å². The van der Waals surface area contributed by atoms with Gasteiger partial charge in [-0.05, 0) is 42.8 Å². The number of carbonyl (C=O) groups excluding carboxylic acids is 2. The summed E-state index contributed by atoms with van der Waals surface area (Å²) < 4.78 is 24.2. The van der Waals surface area contributed by atoms with Gasteiger partial charge in [-0.3, -0.25) is 9.59 Å². The van der Waals surface area contributed by atoms with E-state index in [0.717, 1.165) is 0 Å². The number of thiazole rings is 1. The Morgan fingerprint density at radius 1 is 1.10 bits per heavy atom. The van der Waals surface area contributed by atoms with Crippen LogP contribution in [0.1, 0.15) is 23.2 Å². The molecule has 0 saturated heterocycles. The van der Waals surface area contributed by atoms with Crippen LogP contribution in [-0.4, -0.2) is 37.6 Å². The molecule has 2 aromatic carbocycles. The molecule has 0 saturated carbocycles. The van der Waals surface area contributed by atoms with Gasteiger partial charge in [0.05, 0.1) is 24.4 Å². The fraction of sp³-hybridized carbons (Fsp3) is 0.250. The highest BCUT2D eigenvalue weighted by molar-refractivity contribution is 7.22. The lowest BCUT2D eigenvalue weighted by atomic mass is 10.2. The lowest BCUT2D eigenvalue weighted by Crippen LogP contribution is -2.25. The highest BCUT2D eigenvalue weighted by atomic mass is 32.1. The zero-order chi connectivity index (χ0) is 20.8. The monoisotopic (exact) mass is 417 g/mol. The molecule has 1 aromatic heterocycles. The summed E-state index contributed by atoms with van der Waals surface area (Å²) in [6, 6.07) is 9.17. The largest absolute Gasteiger partial charge is 0.493 e. The fourth-order valence-electron chi connectivity index (χ4n) is 2.66. The molecule has 7 nitrogen and oxygen atoms in total. The average molecular weight is 417 g/mol. The van der Waals surface area contributed by atoms with Gasteiger partial charge in [-0.2, -0.15) is 0 Å². The van der Waals surface area contributed by atoms with E-state index in [0.29, 0.717) is 45.4 Å². The van der Waals surface area contributed by atoms with Crippen LogP contribution in [0.25, 0.3) is 10.2 Å². The third kappa shape index (κ3) is 5.20. The van der Waals surface area contributed by atoms with E-state index in [1.165, 1.54) is 37.7 Å². The van der Waals surface area contributed by atoms with Crippen molar-refractivity contribution >= 4 is 38.5 Å². The van der Waals surface area contributed by atoms with Crippen molar-refractivity contribution in [3.05, 3.63) is 47.8 Å². The Bertz CT molecular complexity index is 1040. The molecule has 3 rings (SSSR count). The first-order valence-corrected chi connectivity index (χ1v) is 9.68. The number of ether oxygens (including phenoxy) is 2. The molecule has 0 atom stereocenters. The van der Waals surface area contributed by atoms with Crippen molar-refractivity contribution in [2.75, 3.05) is 26.1 Å². The van der Waals surface area contributed by atoms with Gasteiger partial charge in [-0.15, -0.1) is 0 Å². The van der Waals surface area contributed by atoms with Gasteiger partial charge in [-0.1, -0.05) is 11.3 Å². The maximum absolute atomic E-state index is 13.2. The molecule has 0 aliphatic heterocycles. The normalized spacial score (nSPS) is 10.6. The number of nitrogens with zero attached hydrogens (tertiary/aromatic N) is 1.